The number of nitrogens with one attached hydrogen (secondary N) is 2. The van der Waals surface area contributed by atoms with Crippen molar-refractivity contribution in [2.24, 2.45) is 0 Å². The predicted molar refractivity (Wildman–Crippen MR) is 83.6 cm³/mol. The first-order valence-electron chi connectivity index (χ1n) is 7.51. The smallest absolute Gasteiger partial charge is 0.150 e. The van der Waals surface area contributed by atoms with Gasteiger partial charge in [0.2, 0.25) is 0 Å². The van der Waals surface area contributed by atoms with Crippen LogP contribution in [0.1, 0.15) is 28.8 Å². The molecule has 0 radical (unpaired) electrons. The standard InChI is InChI=1S/C15H22N6O/c1-10-6-14(16-3)19-15(18-10)13-9-22-5-4-21(13)8-12-7-17-20-11(12)2/h6-7,13H,4-5,8-9H2,1-3H3,(H,17,20)(H,16,18,19)/t13-/m0/s1. The van der Waals surface area contributed by atoms with E-state index in [-0.39, 0.29) is 6.04 Å². The highest BCUT2D eigenvalue weighted by Crippen LogP contribution is 2.25. The molecular weight excluding hydrogens is 280 g/mol. The molecule has 2 aromatic heterocycles. The number of aromatic nitrogens is 4. The van der Waals surface area contributed by atoms with Crippen molar-refractivity contribution >= 4 is 5.82 Å². The average molecular weight is 302 g/mol. The Bertz CT molecular complexity index is 641. The van der Waals surface area contributed by atoms with Crippen LogP contribution in [0.4, 0.5) is 5.82 Å². The monoisotopic (exact) mass is 302 g/mol. The molecule has 1 aliphatic heterocycles. The van der Waals surface area contributed by atoms with E-state index in [4.69, 9.17) is 4.74 Å². The first-order valence-corrected chi connectivity index (χ1v) is 7.51. The molecule has 0 aromatic carbocycles. The summed E-state index contributed by atoms with van der Waals surface area (Å²) in [5, 5.41) is 10.2. The molecule has 3 heterocycles. The van der Waals surface area contributed by atoms with Gasteiger partial charge in [0.1, 0.15) is 11.6 Å². The van der Waals surface area contributed by atoms with Crippen LogP contribution in [0.25, 0.3) is 0 Å². The second-order valence-electron chi connectivity index (χ2n) is 5.58. The number of ether oxygens (including phenoxy) is 1. The summed E-state index contributed by atoms with van der Waals surface area (Å²) in [5.41, 5.74) is 3.26. The molecule has 118 valence electrons. The van der Waals surface area contributed by atoms with Crippen LogP contribution in [0.3, 0.4) is 0 Å². The van der Waals surface area contributed by atoms with Crippen LogP contribution >= 0.6 is 0 Å². The Labute approximate surface area is 130 Å². The van der Waals surface area contributed by atoms with Crippen LogP contribution in [0.2, 0.25) is 0 Å². The van der Waals surface area contributed by atoms with Crippen molar-refractivity contribution in [3.8, 4) is 0 Å². The minimum absolute atomic E-state index is 0.0649. The van der Waals surface area contributed by atoms with Crippen molar-refractivity contribution in [3.05, 3.63) is 35.0 Å². The molecule has 0 bridgehead atoms. The van der Waals surface area contributed by atoms with E-state index in [0.717, 1.165) is 42.7 Å². The summed E-state index contributed by atoms with van der Waals surface area (Å²) >= 11 is 0. The summed E-state index contributed by atoms with van der Waals surface area (Å²) in [7, 11) is 1.87. The van der Waals surface area contributed by atoms with Crippen molar-refractivity contribution in [2.45, 2.75) is 26.4 Å². The third kappa shape index (κ3) is 3.10. The Kier molecular flexibility index (Phi) is 4.35. The van der Waals surface area contributed by atoms with Crippen LogP contribution in [0, 0.1) is 13.8 Å². The fourth-order valence-electron chi connectivity index (χ4n) is 2.69. The second kappa shape index (κ2) is 6.41. The number of hydrogen-bond donors (Lipinski definition) is 2. The Morgan fingerprint density at radius 2 is 2.27 bits per heavy atom. The molecule has 0 spiro atoms. The van der Waals surface area contributed by atoms with Crippen molar-refractivity contribution in [1.82, 2.24) is 25.1 Å². The van der Waals surface area contributed by atoms with E-state index in [2.05, 4.69) is 30.4 Å². The number of aromatic amines is 1. The van der Waals surface area contributed by atoms with E-state index in [0.29, 0.717) is 6.61 Å². The number of rotatable bonds is 4. The number of hydrogen-bond acceptors (Lipinski definition) is 6. The summed E-state index contributed by atoms with van der Waals surface area (Å²) in [4.78, 5) is 11.6. The number of anilines is 1. The Morgan fingerprint density at radius 3 is 3.00 bits per heavy atom. The zero-order valence-electron chi connectivity index (χ0n) is 13.3. The summed E-state index contributed by atoms with van der Waals surface area (Å²) in [6.07, 6.45) is 1.89. The summed E-state index contributed by atoms with van der Waals surface area (Å²) in [6.45, 7) is 7.06. The molecular formula is C15H22N6O. The van der Waals surface area contributed by atoms with Crippen molar-refractivity contribution in [2.75, 3.05) is 32.1 Å². The Balaban J connectivity index is 1.86. The van der Waals surface area contributed by atoms with Gasteiger partial charge in [-0.15, -0.1) is 0 Å². The molecule has 1 fully saturated rings. The Hall–Kier alpha value is -1.99. The van der Waals surface area contributed by atoms with Gasteiger partial charge in [0.15, 0.2) is 0 Å². The lowest BCUT2D eigenvalue weighted by molar-refractivity contribution is -0.0160. The maximum absolute atomic E-state index is 5.66. The van der Waals surface area contributed by atoms with Gasteiger partial charge >= 0.3 is 0 Å². The highest BCUT2D eigenvalue weighted by molar-refractivity contribution is 5.35. The van der Waals surface area contributed by atoms with E-state index in [1.165, 1.54) is 5.56 Å². The van der Waals surface area contributed by atoms with Gasteiger partial charge in [-0.3, -0.25) is 10.00 Å². The van der Waals surface area contributed by atoms with Gasteiger partial charge in [-0.25, -0.2) is 9.97 Å². The molecule has 7 heteroatoms. The molecule has 0 saturated carbocycles. The summed E-state index contributed by atoms with van der Waals surface area (Å²) in [5.74, 6) is 1.65. The van der Waals surface area contributed by atoms with E-state index in [1.807, 2.05) is 33.2 Å². The zero-order valence-corrected chi connectivity index (χ0v) is 13.3. The van der Waals surface area contributed by atoms with E-state index in [1.54, 1.807) is 0 Å². The highest BCUT2D eigenvalue weighted by atomic mass is 16.5. The van der Waals surface area contributed by atoms with Gasteiger partial charge in [-0.05, 0) is 13.8 Å². The molecule has 1 atom stereocenters. The lowest BCUT2D eigenvalue weighted by Gasteiger charge is -2.34. The van der Waals surface area contributed by atoms with Crippen molar-refractivity contribution in [3.63, 3.8) is 0 Å². The molecule has 0 amide bonds. The predicted octanol–water partition coefficient (Wildman–Crippen LogP) is 1.43. The molecule has 22 heavy (non-hydrogen) atoms. The fourth-order valence-corrected chi connectivity index (χ4v) is 2.69. The van der Waals surface area contributed by atoms with Gasteiger partial charge in [-0.2, -0.15) is 5.10 Å². The molecule has 2 N–H and O–H groups in total. The lowest BCUT2D eigenvalue weighted by Crippen LogP contribution is -2.40. The van der Waals surface area contributed by atoms with Crippen LogP contribution in [-0.4, -0.2) is 51.9 Å². The van der Waals surface area contributed by atoms with Gasteiger partial charge in [0.05, 0.1) is 25.5 Å². The molecule has 1 aliphatic rings. The van der Waals surface area contributed by atoms with E-state index in [9.17, 15) is 0 Å². The summed E-state index contributed by atoms with van der Waals surface area (Å²) in [6, 6.07) is 2.01. The van der Waals surface area contributed by atoms with Gasteiger partial charge in [0.25, 0.3) is 0 Å². The second-order valence-corrected chi connectivity index (χ2v) is 5.58. The number of aryl methyl sites for hydroxylation is 2. The summed E-state index contributed by atoms with van der Waals surface area (Å²) < 4.78 is 5.66. The molecule has 1 saturated heterocycles. The average Bonchev–Trinajstić information content (AvgIpc) is 2.92. The van der Waals surface area contributed by atoms with Gasteiger partial charge in [-0.1, -0.05) is 0 Å². The minimum Gasteiger partial charge on any atom is -0.378 e. The van der Waals surface area contributed by atoms with Crippen LogP contribution < -0.4 is 5.32 Å². The van der Waals surface area contributed by atoms with Crippen LogP contribution in [0.15, 0.2) is 12.3 Å². The molecule has 2 aromatic rings. The quantitative estimate of drug-likeness (QED) is 0.889. The van der Waals surface area contributed by atoms with E-state index >= 15 is 0 Å². The maximum Gasteiger partial charge on any atom is 0.150 e. The first-order chi connectivity index (χ1) is 10.7. The number of nitrogens with zero attached hydrogens (tertiary/aromatic N) is 4. The molecule has 0 unspecified atom stereocenters. The molecule has 3 rings (SSSR count). The third-order valence-corrected chi connectivity index (χ3v) is 3.97. The number of morpholine rings is 1. The third-order valence-electron chi connectivity index (χ3n) is 3.97. The van der Waals surface area contributed by atoms with Gasteiger partial charge < -0.3 is 10.1 Å². The zero-order chi connectivity index (χ0) is 15.5. The van der Waals surface area contributed by atoms with Crippen LogP contribution in [0.5, 0.6) is 0 Å². The fraction of sp³-hybridized carbons (Fsp3) is 0.533. The largest absolute Gasteiger partial charge is 0.378 e. The Morgan fingerprint density at radius 1 is 1.41 bits per heavy atom. The van der Waals surface area contributed by atoms with Crippen molar-refractivity contribution < 1.29 is 4.74 Å². The van der Waals surface area contributed by atoms with E-state index < -0.39 is 0 Å². The normalized spacial score (nSPS) is 19.3. The molecule has 0 aliphatic carbocycles. The van der Waals surface area contributed by atoms with Crippen molar-refractivity contribution in [1.29, 1.82) is 0 Å². The SMILES string of the molecule is CNc1cc(C)nc([C@@H]2COCCN2Cc2cn[nH]c2C)n1. The first kappa shape index (κ1) is 14.9. The maximum atomic E-state index is 5.66. The lowest BCUT2D eigenvalue weighted by atomic mass is 10.1. The minimum atomic E-state index is 0.0649. The molecule has 7 nitrogen and oxygen atoms in total. The highest BCUT2D eigenvalue weighted by Gasteiger charge is 2.28. The topological polar surface area (TPSA) is 79.0 Å². The number of H-pyrrole nitrogens is 1. The van der Waals surface area contributed by atoms with Crippen LogP contribution in [-0.2, 0) is 11.3 Å². The van der Waals surface area contributed by atoms with Gasteiger partial charge in [0, 0.05) is 43.2 Å².